The molecular weight excluding hydrogens is 326 g/mol. The van der Waals surface area contributed by atoms with E-state index in [1.807, 2.05) is 11.0 Å². The fourth-order valence-corrected chi connectivity index (χ4v) is 3.34. The zero-order valence-electron chi connectivity index (χ0n) is 15.8. The van der Waals surface area contributed by atoms with Gasteiger partial charge >= 0.3 is 0 Å². The number of tetrazole rings is 1. The molecule has 26 heavy (non-hydrogen) atoms. The smallest absolute Gasteiger partial charge is 0.246 e. The lowest BCUT2D eigenvalue weighted by molar-refractivity contribution is -0.129. The van der Waals surface area contributed by atoms with Crippen molar-refractivity contribution in [2.75, 3.05) is 6.54 Å². The van der Waals surface area contributed by atoms with Crippen molar-refractivity contribution in [1.82, 2.24) is 25.5 Å². The molecule has 0 bridgehead atoms. The van der Waals surface area contributed by atoms with Crippen LogP contribution in [-0.2, 0) is 16.6 Å². The van der Waals surface area contributed by atoms with Crippen LogP contribution in [0.3, 0.4) is 0 Å². The summed E-state index contributed by atoms with van der Waals surface area (Å²) in [5, 5.41) is 14.1. The van der Waals surface area contributed by atoms with Crippen LogP contribution >= 0.6 is 0 Å². The first kappa shape index (κ1) is 18.3. The Bertz CT molecular complexity index is 744. The fourth-order valence-electron chi connectivity index (χ4n) is 3.34. The number of piperidine rings is 1. The largest absolute Gasteiger partial charge is 0.336 e. The minimum absolute atomic E-state index is 0.0538. The number of H-pyrrole nitrogens is 1. The van der Waals surface area contributed by atoms with Gasteiger partial charge in [0.1, 0.15) is 0 Å². The predicted octanol–water partition coefficient (Wildman–Crippen LogP) is 3.13. The number of aromatic nitrogens is 4. The Morgan fingerprint density at radius 1 is 1.27 bits per heavy atom. The molecule has 1 aromatic carbocycles. The lowest BCUT2D eigenvalue weighted by Crippen LogP contribution is -2.44. The molecule has 1 saturated heterocycles. The van der Waals surface area contributed by atoms with Gasteiger partial charge in [-0.15, -0.1) is 10.2 Å². The van der Waals surface area contributed by atoms with Crippen molar-refractivity contribution < 1.29 is 4.79 Å². The molecule has 2 heterocycles. The zero-order chi connectivity index (χ0) is 18.6. The van der Waals surface area contributed by atoms with Crippen LogP contribution < -0.4 is 0 Å². The molecule has 0 aliphatic carbocycles. The number of rotatable bonds is 4. The molecule has 0 spiro atoms. The fraction of sp³-hybridized carbons (Fsp3) is 0.500. The molecule has 3 rings (SSSR count). The summed E-state index contributed by atoms with van der Waals surface area (Å²) in [6, 6.07) is 8.53. The molecule has 0 radical (unpaired) electrons. The molecule has 2 aromatic rings. The van der Waals surface area contributed by atoms with Crippen molar-refractivity contribution >= 4 is 12.0 Å². The number of hydrogen-bond donors (Lipinski definition) is 1. The maximum atomic E-state index is 12.7. The van der Waals surface area contributed by atoms with Crippen molar-refractivity contribution in [1.29, 1.82) is 0 Å². The first-order valence-corrected chi connectivity index (χ1v) is 9.25. The minimum atomic E-state index is 0.0538. The van der Waals surface area contributed by atoms with Crippen LogP contribution in [0.4, 0.5) is 0 Å². The summed E-state index contributed by atoms with van der Waals surface area (Å²) >= 11 is 0. The molecule has 1 atom stereocenters. The summed E-state index contributed by atoms with van der Waals surface area (Å²) in [6.45, 7) is 7.37. The van der Waals surface area contributed by atoms with Gasteiger partial charge in [-0.05, 0) is 41.9 Å². The molecule has 1 N–H and O–H groups in total. The number of nitrogens with zero attached hydrogens (tertiary/aromatic N) is 4. The van der Waals surface area contributed by atoms with E-state index in [1.54, 1.807) is 6.08 Å². The summed E-state index contributed by atoms with van der Waals surface area (Å²) in [6.07, 6.45) is 7.38. The Morgan fingerprint density at radius 2 is 2.04 bits per heavy atom. The third kappa shape index (κ3) is 4.56. The average molecular weight is 353 g/mol. The normalized spacial score (nSPS) is 18.4. The highest BCUT2D eigenvalue weighted by molar-refractivity contribution is 5.92. The van der Waals surface area contributed by atoms with Gasteiger partial charge in [0.05, 0.1) is 0 Å². The van der Waals surface area contributed by atoms with Crippen molar-refractivity contribution in [2.24, 2.45) is 0 Å². The Hall–Kier alpha value is -2.50. The molecule has 1 aromatic heterocycles. The number of nitrogens with one attached hydrogen (secondary N) is 1. The summed E-state index contributed by atoms with van der Waals surface area (Å²) < 4.78 is 0. The van der Waals surface area contributed by atoms with Gasteiger partial charge in [-0.25, -0.2) is 0 Å². The maximum Gasteiger partial charge on any atom is 0.246 e. The third-order valence-electron chi connectivity index (χ3n) is 4.91. The first-order chi connectivity index (χ1) is 12.4. The quantitative estimate of drug-likeness (QED) is 0.857. The van der Waals surface area contributed by atoms with Gasteiger partial charge in [0.2, 0.25) is 5.91 Å². The van der Waals surface area contributed by atoms with E-state index in [-0.39, 0.29) is 17.4 Å². The minimum Gasteiger partial charge on any atom is -0.336 e. The standard InChI is InChI=1S/C20H27N5O/c1-20(2,3)16-10-7-15(8-11-16)9-12-19(26)25-13-5-4-6-17(25)14-18-21-23-24-22-18/h7-12,17H,4-6,13-14H2,1-3H3,(H,21,22,23,24)/b12-9+. The predicted molar refractivity (Wildman–Crippen MR) is 101 cm³/mol. The van der Waals surface area contributed by atoms with Crippen molar-refractivity contribution in [3.63, 3.8) is 0 Å². The van der Waals surface area contributed by atoms with Crippen LogP contribution in [0.2, 0.25) is 0 Å². The van der Waals surface area contributed by atoms with E-state index in [0.29, 0.717) is 12.2 Å². The van der Waals surface area contributed by atoms with Crippen LogP contribution in [0.1, 0.15) is 57.0 Å². The topological polar surface area (TPSA) is 74.8 Å². The number of amides is 1. The lowest BCUT2D eigenvalue weighted by atomic mass is 9.87. The number of carbonyl (C=O) groups is 1. The zero-order valence-corrected chi connectivity index (χ0v) is 15.8. The van der Waals surface area contributed by atoms with Gasteiger partial charge in [-0.3, -0.25) is 4.79 Å². The van der Waals surface area contributed by atoms with Crippen LogP contribution in [0, 0.1) is 0 Å². The number of likely N-dealkylation sites (tertiary alicyclic amines) is 1. The van der Waals surface area contributed by atoms with Crippen LogP contribution in [0.5, 0.6) is 0 Å². The summed E-state index contributed by atoms with van der Waals surface area (Å²) in [5.74, 6) is 0.717. The summed E-state index contributed by atoms with van der Waals surface area (Å²) in [7, 11) is 0. The van der Waals surface area contributed by atoms with Gasteiger partial charge in [0.15, 0.2) is 5.82 Å². The van der Waals surface area contributed by atoms with Gasteiger partial charge in [0.25, 0.3) is 0 Å². The van der Waals surface area contributed by atoms with Crippen LogP contribution in [0.15, 0.2) is 30.3 Å². The van der Waals surface area contributed by atoms with E-state index in [9.17, 15) is 4.79 Å². The van der Waals surface area contributed by atoms with E-state index < -0.39 is 0 Å². The third-order valence-corrected chi connectivity index (χ3v) is 4.91. The second-order valence-electron chi connectivity index (χ2n) is 7.92. The molecule has 1 amide bonds. The van der Waals surface area contributed by atoms with Crippen LogP contribution in [0.25, 0.3) is 6.08 Å². The maximum absolute atomic E-state index is 12.7. The van der Waals surface area contributed by atoms with Crippen LogP contribution in [-0.4, -0.2) is 44.0 Å². The number of hydrogen-bond acceptors (Lipinski definition) is 4. The van der Waals surface area contributed by atoms with Gasteiger partial charge in [-0.2, -0.15) is 5.21 Å². The van der Waals surface area contributed by atoms with E-state index in [0.717, 1.165) is 31.4 Å². The molecule has 1 aliphatic heterocycles. The van der Waals surface area contributed by atoms with E-state index in [4.69, 9.17) is 0 Å². The summed E-state index contributed by atoms with van der Waals surface area (Å²) in [4.78, 5) is 14.7. The highest BCUT2D eigenvalue weighted by Gasteiger charge is 2.26. The van der Waals surface area contributed by atoms with Gasteiger partial charge < -0.3 is 4.90 Å². The highest BCUT2D eigenvalue weighted by Crippen LogP contribution is 2.23. The Kier molecular flexibility index (Phi) is 5.49. The Morgan fingerprint density at radius 3 is 2.69 bits per heavy atom. The second kappa shape index (κ2) is 7.81. The molecule has 1 unspecified atom stereocenters. The Labute approximate surface area is 154 Å². The van der Waals surface area contributed by atoms with E-state index >= 15 is 0 Å². The second-order valence-corrected chi connectivity index (χ2v) is 7.92. The monoisotopic (exact) mass is 353 g/mol. The molecule has 1 fully saturated rings. The van der Waals surface area contributed by atoms with Crippen molar-refractivity contribution in [3.8, 4) is 0 Å². The molecule has 0 saturated carbocycles. The Balaban J connectivity index is 1.66. The molecule has 138 valence electrons. The van der Waals surface area contributed by atoms with Gasteiger partial charge in [0, 0.05) is 25.1 Å². The molecular formula is C20H27N5O. The van der Waals surface area contributed by atoms with Crippen molar-refractivity contribution in [3.05, 3.63) is 47.3 Å². The SMILES string of the molecule is CC(C)(C)c1ccc(/C=C/C(=O)N2CCCCC2Cc2nn[nH]n2)cc1. The highest BCUT2D eigenvalue weighted by atomic mass is 16.2. The summed E-state index contributed by atoms with van der Waals surface area (Å²) in [5.41, 5.74) is 2.46. The van der Waals surface area contributed by atoms with Crippen molar-refractivity contribution in [2.45, 2.75) is 57.9 Å². The number of carbonyl (C=O) groups excluding carboxylic acids is 1. The lowest BCUT2D eigenvalue weighted by Gasteiger charge is -2.34. The number of aromatic amines is 1. The van der Waals surface area contributed by atoms with E-state index in [2.05, 4.69) is 65.7 Å². The molecule has 6 heteroatoms. The molecule has 6 nitrogen and oxygen atoms in total. The van der Waals surface area contributed by atoms with E-state index in [1.165, 1.54) is 5.56 Å². The van der Waals surface area contributed by atoms with Gasteiger partial charge in [-0.1, -0.05) is 50.3 Å². The molecule has 1 aliphatic rings. The first-order valence-electron chi connectivity index (χ1n) is 9.25. The number of benzene rings is 1. The average Bonchev–Trinajstić information content (AvgIpc) is 3.13.